The number of hydrogen-bond donors (Lipinski definition) is 2. The van der Waals surface area contributed by atoms with Gasteiger partial charge in [0.1, 0.15) is 20.9 Å². The van der Waals surface area contributed by atoms with Crippen LogP contribution in [0.1, 0.15) is 0 Å². The molecule has 0 atom stereocenters. The standard InChI is InChI=1S/C8H8N2OS/c11-12(7-3-1-5-9-7)8-4-2-6-10-8/h1-6,9-10H. The van der Waals surface area contributed by atoms with Gasteiger partial charge in [0.15, 0.2) is 0 Å². The van der Waals surface area contributed by atoms with Crippen molar-refractivity contribution in [2.24, 2.45) is 0 Å². The Morgan fingerprint density at radius 1 is 1.00 bits per heavy atom. The van der Waals surface area contributed by atoms with Crippen LogP contribution in [-0.4, -0.2) is 14.2 Å². The van der Waals surface area contributed by atoms with Gasteiger partial charge in [-0.05, 0) is 24.3 Å². The van der Waals surface area contributed by atoms with Crippen LogP contribution in [0.5, 0.6) is 0 Å². The Balaban J connectivity index is 2.34. The molecule has 0 aliphatic rings. The fourth-order valence-electron chi connectivity index (χ4n) is 0.977. The van der Waals surface area contributed by atoms with Gasteiger partial charge in [-0.2, -0.15) is 0 Å². The third kappa shape index (κ3) is 1.21. The van der Waals surface area contributed by atoms with Crippen molar-refractivity contribution in [2.45, 2.75) is 10.1 Å². The first kappa shape index (κ1) is 7.36. The monoisotopic (exact) mass is 180 g/mol. The number of aromatic amines is 2. The highest BCUT2D eigenvalue weighted by molar-refractivity contribution is 7.84. The topological polar surface area (TPSA) is 48.6 Å². The van der Waals surface area contributed by atoms with Gasteiger partial charge in [0.25, 0.3) is 0 Å². The molecule has 2 N–H and O–H groups in total. The lowest BCUT2D eigenvalue weighted by molar-refractivity contribution is 0.678. The second kappa shape index (κ2) is 2.98. The maximum Gasteiger partial charge on any atom is 0.118 e. The molecule has 0 saturated heterocycles. The molecule has 0 aliphatic heterocycles. The highest BCUT2D eigenvalue weighted by Gasteiger charge is 2.06. The number of hydrogen-bond acceptors (Lipinski definition) is 1. The summed E-state index contributed by atoms with van der Waals surface area (Å²) in [6.45, 7) is 0. The van der Waals surface area contributed by atoms with E-state index in [0.29, 0.717) is 0 Å². The fourth-order valence-corrected chi connectivity index (χ4v) is 1.97. The van der Waals surface area contributed by atoms with Crippen LogP contribution in [0.15, 0.2) is 46.7 Å². The third-order valence-corrected chi connectivity index (χ3v) is 2.85. The minimum atomic E-state index is -1.10. The Bertz CT molecular complexity index is 327. The second-order valence-electron chi connectivity index (χ2n) is 2.34. The molecule has 0 saturated carbocycles. The lowest BCUT2D eigenvalue weighted by Gasteiger charge is -1.93. The second-order valence-corrected chi connectivity index (χ2v) is 3.75. The van der Waals surface area contributed by atoms with E-state index >= 15 is 0 Å². The van der Waals surface area contributed by atoms with Crippen molar-refractivity contribution < 1.29 is 4.21 Å². The van der Waals surface area contributed by atoms with Crippen molar-refractivity contribution >= 4 is 10.8 Å². The molecule has 2 heterocycles. The lowest BCUT2D eigenvalue weighted by atomic mass is 10.7. The van der Waals surface area contributed by atoms with Gasteiger partial charge in [0.2, 0.25) is 0 Å². The zero-order valence-electron chi connectivity index (χ0n) is 6.28. The average Bonchev–Trinajstić information content (AvgIpc) is 2.77. The van der Waals surface area contributed by atoms with Crippen molar-refractivity contribution in [2.75, 3.05) is 0 Å². The Kier molecular flexibility index (Phi) is 1.83. The minimum absolute atomic E-state index is 0.720. The predicted octanol–water partition coefficient (Wildman–Crippen LogP) is 1.51. The van der Waals surface area contributed by atoms with E-state index in [2.05, 4.69) is 9.97 Å². The van der Waals surface area contributed by atoms with E-state index in [1.165, 1.54) is 0 Å². The molecule has 3 nitrogen and oxygen atoms in total. The molecule has 4 heteroatoms. The van der Waals surface area contributed by atoms with Gasteiger partial charge in [-0.1, -0.05) is 0 Å². The lowest BCUT2D eigenvalue weighted by Crippen LogP contribution is -1.92. The Labute approximate surface area is 72.3 Å². The predicted molar refractivity (Wildman–Crippen MR) is 46.3 cm³/mol. The van der Waals surface area contributed by atoms with Crippen molar-refractivity contribution in [3.05, 3.63) is 36.7 Å². The van der Waals surface area contributed by atoms with Gasteiger partial charge >= 0.3 is 0 Å². The van der Waals surface area contributed by atoms with Crippen LogP contribution in [0, 0.1) is 0 Å². The van der Waals surface area contributed by atoms with Gasteiger partial charge in [-0.3, -0.25) is 0 Å². The molecule has 2 aromatic heterocycles. The van der Waals surface area contributed by atoms with Crippen molar-refractivity contribution in [3.8, 4) is 0 Å². The molecule has 2 aromatic rings. The van der Waals surface area contributed by atoms with E-state index in [9.17, 15) is 4.21 Å². The SMILES string of the molecule is O=S(c1ccc[nH]1)c1ccc[nH]1. The quantitative estimate of drug-likeness (QED) is 0.723. The van der Waals surface area contributed by atoms with Crippen LogP contribution in [0.2, 0.25) is 0 Å². The van der Waals surface area contributed by atoms with Crippen LogP contribution in [0.25, 0.3) is 0 Å². The normalized spacial score (nSPS) is 10.8. The van der Waals surface area contributed by atoms with Crippen LogP contribution >= 0.6 is 0 Å². The molecular formula is C8H8N2OS. The number of rotatable bonds is 2. The van der Waals surface area contributed by atoms with E-state index < -0.39 is 10.8 Å². The van der Waals surface area contributed by atoms with Crippen molar-refractivity contribution in [1.29, 1.82) is 0 Å². The summed E-state index contributed by atoms with van der Waals surface area (Å²) in [5, 5.41) is 1.44. The van der Waals surface area contributed by atoms with Crippen LogP contribution in [0.3, 0.4) is 0 Å². The van der Waals surface area contributed by atoms with Gasteiger partial charge in [0.05, 0.1) is 0 Å². The molecule has 12 heavy (non-hydrogen) atoms. The largest absolute Gasteiger partial charge is 0.354 e. The number of aromatic nitrogens is 2. The summed E-state index contributed by atoms with van der Waals surface area (Å²) < 4.78 is 11.6. The molecule has 2 rings (SSSR count). The maximum atomic E-state index is 11.6. The molecule has 0 bridgehead atoms. The summed E-state index contributed by atoms with van der Waals surface area (Å²) in [5.41, 5.74) is 0. The summed E-state index contributed by atoms with van der Waals surface area (Å²) in [6.07, 6.45) is 3.52. The first-order chi connectivity index (χ1) is 5.88. The molecule has 0 aromatic carbocycles. The molecule has 0 amide bonds. The number of nitrogens with one attached hydrogen (secondary N) is 2. The minimum Gasteiger partial charge on any atom is -0.354 e. The first-order valence-corrected chi connectivity index (χ1v) is 4.71. The van der Waals surface area contributed by atoms with E-state index in [4.69, 9.17) is 0 Å². The zero-order chi connectivity index (χ0) is 8.39. The van der Waals surface area contributed by atoms with Gasteiger partial charge in [0, 0.05) is 12.4 Å². The average molecular weight is 180 g/mol. The van der Waals surface area contributed by atoms with E-state index in [1.54, 1.807) is 24.5 Å². The summed E-state index contributed by atoms with van der Waals surface area (Å²) in [4.78, 5) is 5.81. The summed E-state index contributed by atoms with van der Waals surface area (Å²) in [5.74, 6) is 0. The molecule has 0 spiro atoms. The van der Waals surface area contributed by atoms with E-state index in [1.807, 2.05) is 12.1 Å². The zero-order valence-corrected chi connectivity index (χ0v) is 7.10. The van der Waals surface area contributed by atoms with Crippen LogP contribution in [0.4, 0.5) is 0 Å². The Morgan fingerprint density at radius 3 is 1.83 bits per heavy atom. The first-order valence-electron chi connectivity index (χ1n) is 3.56. The molecular weight excluding hydrogens is 172 g/mol. The summed E-state index contributed by atoms with van der Waals surface area (Å²) in [7, 11) is -1.10. The fraction of sp³-hybridized carbons (Fsp3) is 0. The van der Waals surface area contributed by atoms with Gasteiger partial charge < -0.3 is 9.97 Å². The van der Waals surface area contributed by atoms with Crippen molar-refractivity contribution in [1.82, 2.24) is 9.97 Å². The van der Waals surface area contributed by atoms with Crippen LogP contribution < -0.4 is 0 Å². The molecule has 0 aliphatic carbocycles. The smallest absolute Gasteiger partial charge is 0.118 e. The highest BCUT2D eigenvalue weighted by atomic mass is 32.2. The van der Waals surface area contributed by atoms with E-state index in [0.717, 1.165) is 10.1 Å². The molecule has 0 radical (unpaired) electrons. The third-order valence-electron chi connectivity index (χ3n) is 1.54. The molecule has 62 valence electrons. The molecule has 0 fully saturated rings. The Hall–Kier alpha value is -1.29. The summed E-state index contributed by atoms with van der Waals surface area (Å²) in [6, 6.07) is 7.26. The highest BCUT2D eigenvalue weighted by Crippen LogP contribution is 2.11. The number of H-pyrrole nitrogens is 2. The van der Waals surface area contributed by atoms with Crippen molar-refractivity contribution in [3.63, 3.8) is 0 Å². The summed E-state index contributed by atoms with van der Waals surface area (Å²) >= 11 is 0. The Morgan fingerprint density at radius 2 is 1.50 bits per heavy atom. The molecule has 0 unspecified atom stereocenters. The van der Waals surface area contributed by atoms with E-state index in [-0.39, 0.29) is 0 Å². The van der Waals surface area contributed by atoms with Crippen LogP contribution in [-0.2, 0) is 10.8 Å². The van der Waals surface area contributed by atoms with Gasteiger partial charge in [-0.25, -0.2) is 4.21 Å². The van der Waals surface area contributed by atoms with Gasteiger partial charge in [-0.15, -0.1) is 0 Å². The maximum absolute atomic E-state index is 11.6.